The van der Waals surface area contributed by atoms with Crippen molar-refractivity contribution in [3.05, 3.63) is 77.9 Å². The van der Waals surface area contributed by atoms with E-state index in [1.165, 1.54) is 39.4 Å². The molecule has 0 unspecified atom stereocenters. The van der Waals surface area contributed by atoms with Gasteiger partial charge in [0.05, 0.1) is 18.6 Å². The summed E-state index contributed by atoms with van der Waals surface area (Å²) in [5, 5.41) is 15.1. The number of thioether (sulfide) groups is 2. The van der Waals surface area contributed by atoms with Crippen LogP contribution in [0.1, 0.15) is 18.1 Å². The van der Waals surface area contributed by atoms with E-state index in [1.54, 1.807) is 18.9 Å². The number of nitrogens with one attached hydrogen (secondary N) is 1. The van der Waals surface area contributed by atoms with Gasteiger partial charge in [-0.05, 0) is 53.1 Å². The molecule has 1 aromatic heterocycles. The van der Waals surface area contributed by atoms with Crippen LogP contribution in [0.15, 0.2) is 80.5 Å². The Morgan fingerprint density at radius 3 is 2.52 bits per heavy atom. The van der Waals surface area contributed by atoms with Crippen LogP contribution in [0.25, 0.3) is 10.8 Å². The molecule has 9 heteroatoms. The van der Waals surface area contributed by atoms with Crippen molar-refractivity contribution in [2.24, 2.45) is 5.10 Å². The molecule has 0 saturated carbocycles. The van der Waals surface area contributed by atoms with Gasteiger partial charge in [-0.3, -0.25) is 4.79 Å². The van der Waals surface area contributed by atoms with Gasteiger partial charge in [-0.2, -0.15) is 5.10 Å². The first-order chi connectivity index (χ1) is 16.1. The van der Waals surface area contributed by atoms with Crippen molar-refractivity contribution in [1.82, 2.24) is 15.6 Å². The van der Waals surface area contributed by atoms with E-state index in [0.29, 0.717) is 0 Å². The summed E-state index contributed by atoms with van der Waals surface area (Å²) in [4.78, 5) is 12.2. The van der Waals surface area contributed by atoms with Crippen molar-refractivity contribution in [3.63, 3.8) is 0 Å². The normalized spacial score (nSPS) is 11.5. The largest absolute Gasteiger partial charge is 0.497 e. The monoisotopic (exact) mass is 494 g/mol. The fourth-order valence-electron chi connectivity index (χ4n) is 3.07. The highest BCUT2D eigenvalue weighted by Gasteiger charge is 2.10. The number of carbonyl (C=O) groups is 1. The van der Waals surface area contributed by atoms with Gasteiger partial charge in [-0.25, -0.2) is 5.43 Å². The smallest absolute Gasteiger partial charge is 0.250 e. The molecule has 0 radical (unpaired) electrons. The maximum atomic E-state index is 12.2. The van der Waals surface area contributed by atoms with Crippen molar-refractivity contribution < 1.29 is 9.53 Å². The average Bonchev–Trinajstić information content (AvgIpc) is 3.32. The lowest BCUT2D eigenvalue weighted by atomic mass is 10.1. The first-order valence-corrected chi connectivity index (χ1v) is 12.9. The molecule has 6 nitrogen and oxygen atoms in total. The zero-order valence-corrected chi connectivity index (χ0v) is 20.6. The molecule has 33 heavy (non-hydrogen) atoms. The summed E-state index contributed by atoms with van der Waals surface area (Å²) >= 11 is 4.52. The van der Waals surface area contributed by atoms with Crippen LogP contribution in [0.5, 0.6) is 5.75 Å². The fourth-order valence-corrected chi connectivity index (χ4v) is 5.89. The molecule has 1 N–H and O–H groups in total. The number of aromatic nitrogens is 2. The van der Waals surface area contributed by atoms with Gasteiger partial charge in [-0.1, -0.05) is 77.3 Å². The minimum atomic E-state index is -0.187. The topological polar surface area (TPSA) is 76.5 Å². The van der Waals surface area contributed by atoms with Gasteiger partial charge in [0.15, 0.2) is 8.68 Å². The maximum absolute atomic E-state index is 12.2. The molecule has 0 bridgehead atoms. The molecule has 0 spiro atoms. The Kier molecular flexibility index (Phi) is 7.98. The number of hydrazone groups is 1. The Balaban J connectivity index is 1.26. The lowest BCUT2D eigenvalue weighted by Gasteiger charge is -2.04. The van der Waals surface area contributed by atoms with Crippen LogP contribution >= 0.6 is 34.9 Å². The molecule has 0 atom stereocenters. The third-order valence-corrected chi connectivity index (χ3v) is 8.04. The molecule has 0 fully saturated rings. The molecular formula is C24H22N4O2S3. The van der Waals surface area contributed by atoms with E-state index in [0.717, 1.165) is 31.5 Å². The number of fused-ring (bicyclic) bond motifs is 1. The molecule has 0 aliphatic carbocycles. The highest BCUT2D eigenvalue weighted by molar-refractivity contribution is 8.03. The van der Waals surface area contributed by atoms with Gasteiger partial charge in [0, 0.05) is 5.75 Å². The second-order valence-corrected chi connectivity index (χ2v) is 10.4. The van der Waals surface area contributed by atoms with Crippen molar-refractivity contribution in [3.8, 4) is 5.75 Å². The van der Waals surface area contributed by atoms with E-state index in [-0.39, 0.29) is 11.7 Å². The minimum Gasteiger partial charge on any atom is -0.497 e. The summed E-state index contributed by atoms with van der Waals surface area (Å²) in [5.74, 6) is 1.63. The Bertz CT molecular complexity index is 1270. The molecule has 168 valence electrons. The third kappa shape index (κ3) is 6.34. The van der Waals surface area contributed by atoms with Crippen molar-refractivity contribution in [2.75, 3.05) is 12.9 Å². The first kappa shape index (κ1) is 23.3. The fraction of sp³-hybridized carbons (Fsp3) is 0.167. The Labute approximate surface area is 204 Å². The summed E-state index contributed by atoms with van der Waals surface area (Å²) in [6.07, 6.45) is 0. The van der Waals surface area contributed by atoms with Crippen LogP contribution in [0.2, 0.25) is 0 Å². The van der Waals surface area contributed by atoms with E-state index in [4.69, 9.17) is 4.74 Å². The number of benzene rings is 3. The highest BCUT2D eigenvalue weighted by atomic mass is 32.2. The van der Waals surface area contributed by atoms with Gasteiger partial charge in [0.1, 0.15) is 5.75 Å². The molecule has 1 amide bonds. The number of hydrogen-bond donors (Lipinski definition) is 1. The molecular weight excluding hydrogens is 472 g/mol. The number of nitrogens with zero attached hydrogens (tertiary/aromatic N) is 3. The number of ether oxygens (including phenoxy) is 1. The van der Waals surface area contributed by atoms with E-state index >= 15 is 0 Å². The lowest BCUT2D eigenvalue weighted by molar-refractivity contribution is -0.118. The third-order valence-electron chi connectivity index (χ3n) is 4.80. The lowest BCUT2D eigenvalue weighted by Crippen LogP contribution is -2.21. The summed E-state index contributed by atoms with van der Waals surface area (Å²) in [6, 6.07) is 22.2. The molecule has 0 aliphatic heterocycles. The Morgan fingerprint density at radius 1 is 1.00 bits per heavy atom. The average molecular weight is 495 g/mol. The quantitative estimate of drug-likeness (QED) is 0.185. The van der Waals surface area contributed by atoms with E-state index in [9.17, 15) is 4.79 Å². The molecule has 4 aromatic rings. The maximum Gasteiger partial charge on any atom is 0.250 e. The zero-order valence-electron chi connectivity index (χ0n) is 18.1. The number of rotatable bonds is 9. The van der Waals surface area contributed by atoms with Crippen LogP contribution in [-0.4, -0.2) is 34.7 Å². The van der Waals surface area contributed by atoms with Gasteiger partial charge in [0.2, 0.25) is 0 Å². The van der Waals surface area contributed by atoms with Crippen molar-refractivity contribution in [2.45, 2.75) is 21.4 Å². The predicted molar refractivity (Wildman–Crippen MR) is 137 cm³/mol. The van der Waals surface area contributed by atoms with Crippen LogP contribution < -0.4 is 10.2 Å². The predicted octanol–water partition coefficient (Wildman–Crippen LogP) is 5.62. The SMILES string of the molecule is COc1ccc(/C(C)=N\NC(=O)CSc2nnc(SCc3cccc4ccccc34)s2)cc1. The molecule has 0 saturated heterocycles. The van der Waals surface area contributed by atoms with Crippen molar-refractivity contribution >= 4 is 57.3 Å². The summed E-state index contributed by atoms with van der Waals surface area (Å²) in [7, 11) is 1.62. The van der Waals surface area contributed by atoms with Gasteiger partial charge < -0.3 is 4.74 Å². The number of amides is 1. The highest BCUT2D eigenvalue weighted by Crippen LogP contribution is 2.32. The molecule has 0 aliphatic rings. The minimum absolute atomic E-state index is 0.187. The van der Waals surface area contributed by atoms with Crippen molar-refractivity contribution in [1.29, 1.82) is 0 Å². The Hall–Kier alpha value is -2.88. The van der Waals surface area contributed by atoms with Gasteiger partial charge in [0.25, 0.3) is 5.91 Å². The molecule has 3 aromatic carbocycles. The van der Waals surface area contributed by atoms with E-state index in [1.807, 2.05) is 31.2 Å². The Morgan fingerprint density at radius 2 is 1.73 bits per heavy atom. The standard InChI is InChI=1S/C24H22N4O2S3/c1-16(17-10-12-20(30-2)13-11-17)25-26-22(29)15-32-24-28-27-23(33-24)31-14-19-8-5-7-18-6-3-4-9-21(18)19/h3-13H,14-15H2,1-2H3,(H,26,29)/b25-16-. The second-order valence-electron chi connectivity index (χ2n) is 7.01. The van der Waals surface area contributed by atoms with Crippen LogP contribution in [0.4, 0.5) is 0 Å². The van der Waals surface area contributed by atoms with Gasteiger partial charge >= 0.3 is 0 Å². The van der Waals surface area contributed by atoms with Crippen LogP contribution in [0.3, 0.4) is 0 Å². The number of methoxy groups -OCH3 is 1. The zero-order chi connectivity index (χ0) is 23.0. The summed E-state index contributed by atoms with van der Waals surface area (Å²) in [6.45, 7) is 1.85. The number of carbonyl (C=O) groups excluding carboxylic acids is 1. The van der Waals surface area contributed by atoms with E-state index < -0.39 is 0 Å². The summed E-state index contributed by atoms with van der Waals surface area (Å²) < 4.78 is 6.81. The van der Waals surface area contributed by atoms with E-state index in [2.05, 4.69) is 63.2 Å². The number of hydrogen-bond acceptors (Lipinski definition) is 8. The van der Waals surface area contributed by atoms with Crippen LogP contribution in [0, 0.1) is 0 Å². The van der Waals surface area contributed by atoms with Crippen LogP contribution in [-0.2, 0) is 10.5 Å². The van der Waals surface area contributed by atoms with Gasteiger partial charge in [-0.15, -0.1) is 10.2 Å². The second kappa shape index (κ2) is 11.3. The summed E-state index contributed by atoms with van der Waals surface area (Å²) in [5.41, 5.74) is 5.51. The first-order valence-electron chi connectivity index (χ1n) is 10.2. The molecule has 4 rings (SSSR count). The molecule has 1 heterocycles.